The van der Waals surface area contributed by atoms with E-state index in [4.69, 9.17) is 0 Å². The third-order valence-electron chi connectivity index (χ3n) is 3.70. The summed E-state index contributed by atoms with van der Waals surface area (Å²) in [6.45, 7) is 2.17. The lowest BCUT2D eigenvalue weighted by Gasteiger charge is -2.10. The van der Waals surface area contributed by atoms with Crippen molar-refractivity contribution in [2.45, 2.75) is 19.6 Å². The van der Waals surface area contributed by atoms with E-state index in [1.54, 1.807) is 6.07 Å². The lowest BCUT2D eigenvalue weighted by atomic mass is 10.1. The Morgan fingerprint density at radius 1 is 1.28 bits per heavy atom. The van der Waals surface area contributed by atoms with Crippen molar-refractivity contribution in [2.24, 2.45) is 0 Å². The van der Waals surface area contributed by atoms with Gasteiger partial charge in [0.15, 0.2) is 0 Å². The van der Waals surface area contributed by atoms with Crippen molar-refractivity contribution in [1.29, 1.82) is 0 Å². The maximum absolute atomic E-state index is 12.3. The van der Waals surface area contributed by atoms with E-state index < -0.39 is 12.0 Å². The highest BCUT2D eigenvalue weighted by Crippen LogP contribution is 2.20. The Hall–Kier alpha value is -2.51. The molecule has 0 saturated heterocycles. The van der Waals surface area contributed by atoms with E-state index in [1.165, 1.54) is 11.0 Å². The van der Waals surface area contributed by atoms with E-state index in [-0.39, 0.29) is 12.4 Å². The van der Waals surface area contributed by atoms with Gasteiger partial charge in [0.2, 0.25) is 5.82 Å². The number of benzene rings is 2. The van der Waals surface area contributed by atoms with Gasteiger partial charge in [-0.1, -0.05) is 46.3 Å². The van der Waals surface area contributed by atoms with Crippen LogP contribution in [0.15, 0.2) is 59.3 Å². The molecule has 6 nitrogen and oxygen atoms in total. The molecule has 2 N–H and O–H groups in total. The maximum Gasteiger partial charge on any atom is 0.295 e. The lowest BCUT2D eigenvalue weighted by molar-refractivity contribution is 0.101. The number of anilines is 1. The van der Waals surface area contributed by atoms with Crippen LogP contribution in [0, 0.1) is 6.92 Å². The number of carbonyl (C=O) groups is 1. The number of aliphatic hydroxyl groups is 1. The molecule has 3 rings (SSSR count). The number of rotatable bonds is 5. The highest BCUT2D eigenvalue weighted by atomic mass is 79.9. The summed E-state index contributed by atoms with van der Waals surface area (Å²) in [4.78, 5) is 16.3. The number of amides is 1. The first-order chi connectivity index (χ1) is 12.0. The van der Waals surface area contributed by atoms with Gasteiger partial charge in [-0.05, 0) is 36.2 Å². The number of hydrogen-bond donors (Lipinski definition) is 2. The zero-order valence-corrected chi connectivity index (χ0v) is 15.1. The van der Waals surface area contributed by atoms with Crippen LogP contribution in [-0.4, -0.2) is 25.8 Å². The Kier molecular flexibility index (Phi) is 5.25. The molecule has 0 radical (unpaired) electrons. The standard InChI is InChI=1S/C18H17BrN4O2/c1-12-9-14(7-8-15(12)19)21-18(25)17-20-11-23(22-17)10-16(24)13-5-3-2-4-6-13/h2-9,11,16,24H,10H2,1H3,(H,21,25)/t16-/m0/s1. The number of carbonyl (C=O) groups excluding carboxylic acids is 1. The van der Waals surface area contributed by atoms with Crippen LogP contribution >= 0.6 is 15.9 Å². The first-order valence-corrected chi connectivity index (χ1v) is 8.52. The summed E-state index contributed by atoms with van der Waals surface area (Å²) in [6.07, 6.45) is 0.724. The van der Waals surface area contributed by atoms with Gasteiger partial charge in [-0.3, -0.25) is 4.79 Å². The molecule has 0 fully saturated rings. The zero-order valence-electron chi connectivity index (χ0n) is 13.6. The molecular weight excluding hydrogens is 384 g/mol. The average molecular weight is 401 g/mol. The van der Waals surface area contributed by atoms with Crippen molar-refractivity contribution in [1.82, 2.24) is 14.8 Å². The fourth-order valence-corrected chi connectivity index (χ4v) is 2.60. The smallest absolute Gasteiger partial charge is 0.295 e. The Labute approximate surface area is 153 Å². The monoisotopic (exact) mass is 400 g/mol. The molecule has 0 saturated carbocycles. The summed E-state index contributed by atoms with van der Waals surface area (Å²) in [5, 5.41) is 17.1. The molecule has 1 atom stereocenters. The third-order valence-corrected chi connectivity index (χ3v) is 4.59. The summed E-state index contributed by atoms with van der Waals surface area (Å²) in [5.41, 5.74) is 2.47. The minimum atomic E-state index is -0.715. The molecule has 0 unspecified atom stereocenters. The minimum Gasteiger partial charge on any atom is -0.386 e. The van der Waals surface area contributed by atoms with Crippen molar-refractivity contribution in [3.63, 3.8) is 0 Å². The van der Waals surface area contributed by atoms with Gasteiger partial charge in [0.05, 0.1) is 12.6 Å². The molecule has 3 aromatic rings. The number of aliphatic hydroxyl groups excluding tert-OH is 1. The fraction of sp³-hybridized carbons (Fsp3) is 0.167. The van der Waals surface area contributed by atoms with Crippen molar-refractivity contribution in [2.75, 3.05) is 5.32 Å². The third kappa shape index (κ3) is 4.32. The highest BCUT2D eigenvalue weighted by molar-refractivity contribution is 9.10. The highest BCUT2D eigenvalue weighted by Gasteiger charge is 2.14. The second-order valence-electron chi connectivity index (χ2n) is 5.63. The van der Waals surface area contributed by atoms with E-state index in [9.17, 15) is 9.90 Å². The topological polar surface area (TPSA) is 80.0 Å². The molecule has 0 aliphatic rings. The van der Waals surface area contributed by atoms with Gasteiger partial charge in [-0.2, -0.15) is 0 Å². The summed E-state index contributed by atoms with van der Waals surface area (Å²) in [7, 11) is 0. The molecular formula is C18H17BrN4O2. The predicted molar refractivity (Wildman–Crippen MR) is 98.3 cm³/mol. The van der Waals surface area contributed by atoms with Crippen LogP contribution in [0.2, 0.25) is 0 Å². The van der Waals surface area contributed by atoms with Gasteiger partial charge >= 0.3 is 0 Å². The first kappa shape index (κ1) is 17.3. The van der Waals surface area contributed by atoms with Gasteiger partial charge < -0.3 is 10.4 Å². The lowest BCUT2D eigenvalue weighted by Crippen LogP contribution is -2.15. The summed E-state index contributed by atoms with van der Waals surface area (Å²) in [6, 6.07) is 14.8. The van der Waals surface area contributed by atoms with Crippen LogP contribution < -0.4 is 5.32 Å². The second kappa shape index (κ2) is 7.58. The molecule has 0 spiro atoms. The molecule has 25 heavy (non-hydrogen) atoms. The Morgan fingerprint density at radius 2 is 2.04 bits per heavy atom. The molecule has 0 bridgehead atoms. The van der Waals surface area contributed by atoms with E-state index in [0.717, 1.165) is 15.6 Å². The minimum absolute atomic E-state index is 0.0563. The van der Waals surface area contributed by atoms with E-state index >= 15 is 0 Å². The number of nitrogens with one attached hydrogen (secondary N) is 1. The average Bonchev–Trinajstić information content (AvgIpc) is 3.07. The van der Waals surface area contributed by atoms with E-state index in [0.29, 0.717) is 5.69 Å². The predicted octanol–water partition coefficient (Wildman–Crippen LogP) is 3.33. The van der Waals surface area contributed by atoms with Crippen molar-refractivity contribution in [3.05, 3.63) is 76.3 Å². The normalized spacial score (nSPS) is 12.0. The zero-order chi connectivity index (χ0) is 17.8. The van der Waals surface area contributed by atoms with Gasteiger partial charge in [0, 0.05) is 10.2 Å². The summed E-state index contributed by atoms with van der Waals surface area (Å²) in [5.74, 6) is -0.337. The number of hydrogen-bond acceptors (Lipinski definition) is 4. The number of halogens is 1. The number of aromatic nitrogens is 3. The second-order valence-corrected chi connectivity index (χ2v) is 6.49. The molecule has 7 heteroatoms. The summed E-state index contributed by atoms with van der Waals surface area (Å²) >= 11 is 3.42. The molecule has 0 aliphatic heterocycles. The van der Waals surface area contributed by atoms with Gasteiger partial charge in [0.1, 0.15) is 6.33 Å². The maximum atomic E-state index is 12.3. The molecule has 1 aromatic heterocycles. The Bertz CT molecular complexity index is 880. The molecule has 2 aromatic carbocycles. The Balaban J connectivity index is 1.66. The molecule has 0 aliphatic carbocycles. The molecule has 128 valence electrons. The van der Waals surface area contributed by atoms with Crippen LogP contribution in [0.1, 0.15) is 27.8 Å². The number of nitrogens with zero attached hydrogens (tertiary/aromatic N) is 3. The van der Waals surface area contributed by atoms with Crippen LogP contribution in [0.3, 0.4) is 0 Å². The van der Waals surface area contributed by atoms with Gasteiger partial charge in [-0.15, -0.1) is 5.10 Å². The van der Waals surface area contributed by atoms with Crippen molar-refractivity contribution >= 4 is 27.5 Å². The largest absolute Gasteiger partial charge is 0.386 e. The number of aryl methyl sites for hydroxylation is 1. The quantitative estimate of drug-likeness (QED) is 0.688. The van der Waals surface area contributed by atoms with E-state index in [1.807, 2.05) is 49.4 Å². The summed E-state index contributed by atoms with van der Waals surface area (Å²) < 4.78 is 2.43. The van der Waals surface area contributed by atoms with Crippen LogP contribution in [-0.2, 0) is 6.54 Å². The Morgan fingerprint density at radius 3 is 2.76 bits per heavy atom. The van der Waals surface area contributed by atoms with Crippen LogP contribution in [0.4, 0.5) is 5.69 Å². The van der Waals surface area contributed by atoms with Crippen molar-refractivity contribution in [3.8, 4) is 0 Å². The van der Waals surface area contributed by atoms with Gasteiger partial charge in [0.25, 0.3) is 5.91 Å². The van der Waals surface area contributed by atoms with Crippen LogP contribution in [0.5, 0.6) is 0 Å². The van der Waals surface area contributed by atoms with E-state index in [2.05, 4.69) is 31.3 Å². The SMILES string of the molecule is Cc1cc(NC(=O)c2ncn(C[C@H](O)c3ccccc3)n2)ccc1Br. The fourth-order valence-electron chi connectivity index (χ4n) is 2.35. The van der Waals surface area contributed by atoms with Gasteiger partial charge in [-0.25, -0.2) is 9.67 Å². The van der Waals surface area contributed by atoms with Crippen molar-refractivity contribution < 1.29 is 9.90 Å². The molecule has 1 heterocycles. The first-order valence-electron chi connectivity index (χ1n) is 7.73. The van der Waals surface area contributed by atoms with Crippen LogP contribution in [0.25, 0.3) is 0 Å². The molecule has 1 amide bonds.